The van der Waals surface area contributed by atoms with Crippen LogP contribution in [0.4, 0.5) is 0 Å². The normalized spacial score (nSPS) is 35.2. The van der Waals surface area contributed by atoms with E-state index in [9.17, 15) is 0 Å². The molecule has 4 heteroatoms. The third-order valence-electron chi connectivity index (χ3n) is 3.09. The summed E-state index contributed by atoms with van der Waals surface area (Å²) in [6.45, 7) is 7.42. The smallest absolute Gasteiger partial charge is 0.113 e. The minimum atomic E-state index is 0.0278. The quantitative estimate of drug-likeness (QED) is 0.881. The van der Waals surface area contributed by atoms with Crippen molar-refractivity contribution in [3.05, 3.63) is 16.6 Å². The fraction of sp³-hybridized carbons (Fsp3) is 0.750. The molecule has 90 valence electrons. The molecule has 1 saturated heterocycles. The predicted molar refractivity (Wildman–Crippen MR) is 66.7 cm³/mol. The van der Waals surface area contributed by atoms with Gasteiger partial charge in [-0.3, -0.25) is 0 Å². The summed E-state index contributed by atoms with van der Waals surface area (Å²) in [5.41, 5.74) is 0.0278. The standard InChI is InChI=1S/C12H20N2OS/c1-4-14-12(11-13-5-6-16-11)7-9(2)15-10(3)8-12/h5-6,9-10,14H,4,7-8H2,1-3H3. The first-order chi connectivity index (χ1) is 7.66. The molecular weight excluding hydrogens is 220 g/mol. The van der Waals surface area contributed by atoms with Gasteiger partial charge in [-0.1, -0.05) is 6.92 Å². The molecule has 0 aliphatic carbocycles. The van der Waals surface area contributed by atoms with Gasteiger partial charge < -0.3 is 10.1 Å². The highest BCUT2D eigenvalue weighted by Gasteiger charge is 2.41. The van der Waals surface area contributed by atoms with E-state index in [1.165, 1.54) is 5.01 Å². The lowest BCUT2D eigenvalue weighted by Crippen LogP contribution is -2.51. The van der Waals surface area contributed by atoms with Gasteiger partial charge in [-0.25, -0.2) is 4.98 Å². The van der Waals surface area contributed by atoms with Crippen molar-refractivity contribution in [1.29, 1.82) is 0 Å². The maximum Gasteiger partial charge on any atom is 0.113 e. The van der Waals surface area contributed by atoms with Gasteiger partial charge in [0, 0.05) is 11.6 Å². The summed E-state index contributed by atoms with van der Waals surface area (Å²) >= 11 is 1.74. The minimum absolute atomic E-state index is 0.0278. The number of nitrogens with zero attached hydrogens (tertiary/aromatic N) is 1. The van der Waals surface area contributed by atoms with E-state index in [1.54, 1.807) is 11.3 Å². The second-order valence-electron chi connectivity index (χ2n) is 4.62. The highest BCUT2D eigenvalue weighted by Crippen LogP contribution is 2.38. The number of ether oxygens (including phenoxy) is 1. The Bertz CT molecular complexity index is 316. The van der Waals surface area contributed by atoms with E-state index in [-0.39, 0.29) is 5.54 Å². The van der Waals surface area contributed by atoms with E-state index in [1.807, 2.05) is 6.20 Å². The average molecular weight is 240 g/mol. The van der Waals surface area contributed by atoms with Crippen molar-refractivity contribution < 1.29 is 4.74 Å². The molecule has 1 fully saturated rings. The topological polar surface area (TPSA) is 34.2 Å². The van der Waals surface area contributed by atoms with Gasteiger partial charge in [-0.15, -0.1) is 11.3 Å². The molecule has 1 aliphatic heterocycles. The minimum Gasteiger partial charge on any atom is -0.375 e. The molecule has 1 aromatic rings. The molecule has 16 heavy (non-hydrogen) atoms. The van der Waals surface area contributed by atoms with Crippen LogP contribution in [0.15, 0.2) is 11.6 Å². The number of aromatic nitrogens is 1. The number of nitrogens with one attached hydrogen (secondary N) is 1. The Morgan fingerprint density at radius 1 is 1.50 bits per heavy atom. The van der Waals surface area contributed by atoms with Crippen molar-refractivity contribution in [1.82, 2.24) is 10.3 Å². The third-order valence-corrected chi connectivity index (χ3v) is 4.07. The molecule has 0 amide bonds. The summed E-state index contributed by atoms with van der Waals surface area (Å²) in [4.78, 5) is 4.50. The van der Waals surface area contributed by atoms with Crippen molar-refractivity contribution >= 4 is 11.3 Å². The highest BCUT2D eigenvalue weighted by molar-refractivity contribution is 7.09. The molecule has 1 N–H and O–H groups in total. The number of hydrogen-bond donors (Lipinski definition) is 1. The molecule has 0 bridgehead atoms. The van der Waals surface area contributed by atoms with Crippen molar-refractivity contribution in [3.8, 4) is 0 Å². The lowest BCUT2D eigenvalue weighted by molar-refractivity contribution is -0.0709. The van der Waals surface area contributed by atoms with Crippen LogP contribution < -0.4 is 5.32 Å². The fourth-order valence-corrected chi connectivity index (χ4v) is 3.59. The molecule has 2 heterocycles. The Labute approximate surface area is 101 Å². The van der Waals surface area contributed by atoms with Gasteiger partial charge in [0.1, 0.15) is 5.01 Å². The molecule has 2 unspecified atom stereocenters. The zero-order valence-corrected chi connectivity index (χ0v) is 11.0. The Morgan fingerprint density at radius 3 is 2.69 bits per heavy atom. The fourth-order valence-electron chi connectivity index (χ4n) is 2.75. The first kappa shape index (κ1) is 12.0. The Morgan fingerprint density at radius 2 is 2.19 bits per heavy atom. The lowest BCUT2D eigenvalue weighted by atomic mass is 9.84. The summed E-state index contributed by atoms with van der Waals surface area (Å²) in [7, 11) is 0. The molecular formula is C12H20N2OS. The zero-order valence-electron chi connectivity index (χ0n) is 10.2. The summed E-state index contributed by atoms with van der Waals surface area (Å²) in [5, 5.41) is 6.89. The van der Waals surface area contributed by atoms with Crippen LogP contribution >= 0.6 is 11.3 Å². The Kier molecular flexibility index (Phi) is 3.62. The number of rotatable bonds is 3. The third kappa shape index (κ3) is 2.29. The second kappa shape index (κ2) is 4.82. The monoisotopic (exact) mass is 240 g/mol. The molecule has 2 atom stereocenters. The van der Waals surface area contributed by atoms with E-state index >= 15 is 0 Å². The Balaban J connectivity index is 2.27. The van der Waals surface area contributed by atoms with Crippen molar-refractivity contribution in [2.45, 2.75) is 51.4 Å². The molecule has 1 aromatic heterocycles. The van der Waals surface area contributed by atoms with Gasteiger partial charge >= 0.3 is 0 Å². The molecule has 0 saturated carbocycles. The SMILES string of the molecule is CCNC1(c2nccs2)CC(C)OC(C)C1. The van der Waals surface area contributed by atoms with Gasteiger partial charge in [-0.2, -0.15) is 0 Å². The number of hydrogen-bond acceptors (Lipinski definition) is 4. The summed E-state index contributed by atoms with van der Waals surface area (Å²) in [6, 6.07) is 0. The maximum atomic E-state index is 5.82. The largest absolute Gasteiger partial charge is 0.375 e. The van der Waals surface area contributed by atoms with Crippen LogP contribution in [0.2, 0.25) is 0 Å². The van der Waals surface area contributed by atoms with Gasteiger partial charge in [0.15, 0.2) is 0 Å². The van der Waals surface area contributed by atoms with Crippen molar-refractivity contribution in [3.63, 3.8) is 0 Å². The first-order valence-electron chi connectivity index (χ1n) is 5.97. The van der Waals surface area contributed by atoms with Crippen LogP contribution in [0.5, 0.6) is 0 Å². The van der Waals surface area contributed by atoms with Crippen molar-refractivity contribution in [2.75, 3.05) is 6.54 Å². The zero-order chi connectivity index (χ0) is 11.6. The van der Waals surface area contributed by atoms with Gasteiger partial charge in [0.25, 0.3) is 0 Å². The average Bonchev–Trinajstić information content (AvgIpc) is 2.69. The van der Waals surface area contributed by atoms with Crippen LogP contribution in [0, 0.1) is 0 Å². The van der Waals surface area contributed by atoms with Crippen LogP contribution in [0.25, 0.3) is 0 Å². The van der Waals surface area contributed by atoms with Crippen LogP contribution in [0.1, 0.15) is 38.6 Å². The van der Waals surface area contributed by atoms with E-state index in [0.717, 1.165) is 19.4 Å². The van der Waals surface area contributed by atoms with Crippen LogP contribution in [-0.4, -0.2) is 23.7 Å². The molecule has 0 spiro atoms. The number of thiazole rings is 1. The first-order valence-corrected chi connectivity index (χ1v) is 6.84. The molecule has 0 radical (unpaired) electrons. The molecule has 3 nitrogen and oxygen atoms in total. The highest BCUT2D eigenvalue weighted by atomic mass is 32.1. The van der Waals surface area contributed by atoms with E-state index in [2.05, 4.69) is 36.5 Å². The maximum absolute atomic E-state index is 5.82. The van der Waals surface area contributed by atoms with E-state index < -0.39 is 0 Å². The summed E-state index contributed by atoms with van der Waals surface area (Å²) in [6.07, 6.45) is 4.51. The van der Waals surface area contributed by atoms with E-state index in [4.69, 9.17) is 4.74 Å². The molecule has 0 aromatic carbocycles. The van der Waals surface area contributed by atoms with Gasteiger partial charge in [0.2, 0.25) is 0 Å². The van der Waals surface area contributed by atoms with Crippen LogP contribution in [0.3, 0.4) is 0 Å². The van der Waals surface area contributed by atoms with E-state index in [0.29, 0.717) is 12.2 Å². The van der Waals surface area contributed by atoms with Crippen LogP contribution in [-0.2, 0) is 10.3 Å². The lowest BCUT2D eigenvalue weighted by Gasteiger charge is -2.42. The van der Waals surface area contributed by atoms with Gasteiger partial charge in [-0.05, 0) is 33.2 Å². The van der Waals surface area contributed by atoms with Crippen molar-refractivity contribution in [2.24, 2.45) is 0 Å². The Hall–Kier alpha value is -0.450. The predicted octanol–water partition coefficient (Wildman–Crippen LogP) is 2.54. The summed E-state index contributed by atoms with van der Waals surface area (Å²) < 4.78 is 5.82. The van der Waals surface area contributed by atoms with Gasteiger partial charge in [0.05, 0.1) is 17.7 Å². The second-order valence-corrected chi connectivity index (χ2v) is 5.51. The molecule has 2 rings (SSSR count). The molecule has 1 aliphatic rings. The summed E-state index contributed by atoms with van der Waals surface area (Å²) in [5.74, 6) is 0.